The molecule has 0 unspecified atom stereocenters. The van der Waals surface area contributed by atoms with E-state index in [1.807, 2.05) is 47.1 Å². The van der Waals surface area contributed by atoms with Crippen molar-refractivity contribution in [2.45, 2.75) is 6.61 Å². The van der Waals surface area contributed by atoms with Crippen LogP contribution in [0.5, 0.6) is 0 Å². The zero-order valence-corrected chi connectivity index (χ0v) is 13.8. The minimum Gasteiger partial charge on any atom is -0.445 e. The van der Waals surface area contributed by atoms with Crippen LogP contribution in [0.4, 0.5) is 10.6 Å². The van der Waals surface area contributed by atoms with Crippen molar-refractivity contribution in [3.8, 4) is 0 Å². The molecule has 1 aromatic carbocycles. The van der Waals surface area contributed by atoms with E-state index in [0.29, 0.717) is 19.7 Å². The third kappa shape index (κ3) is 3.26. The van der Waals surface area contributed by atoms with Crippen LogP contribution < -0.4 is 4.90 Å². The Balaban J connectivity index is 1.34. The first-order chi connectivity index (χ1) is 12.3. The van der Waals surface area contributed by atoms with E-state index >= 15 is 0 Å². The number of benzene rings is 1. The van der Waals surface area contributed by atoms with Gasteiger partial charge < -0.3 is 18.9 Å². The highest BCUT2D eigenvalue weighted by Crippen LogP contribution is 2.20. The Labute approximate surface area is 145 Å². The maximum Gasteiger partial charge on any atom is 0.410 e. The summed E-state index contributed by atoms with van der Waals surface area (Å²) in [5, 5.41) is 0. The quantitative estimate of drug-likeness (QED) is 0.733. The predicted octanol–water partition coefficient (Wildman–Crippen LogP) is 2.19. The number of rotatable bonds is 3. The highest BCUT2D eigenvalue weighted by Gasteiger charge is 2.24. The van der Waals surface area contributed by atoms with Gasteiger partial charge in [-0.05, 0) is 5.56 Å². The van der Waals surface area contributed by atoms with Gasteiger partial charge in [0.25, 0.3) is 0 Å². The second-order valence-corrected chi connectivity index (χ2v) is 5.95. The molecule has 25 heavy (non-hydrogen) atoms. The summed E-state index contributed by atoms with van der Waals surface area (Å²) in [5.41, 5.74) is 1.97. The largest absolute Gasteiger partial charge is 0.445 e. The highest BCUT2D eigenvalue weighted by atomic mass is 16.6. The molecule has 1 aliphatic rings. The fourth-order valence-corrected chi connectivity index (χ4v) is 2.98. The van der Waals surface area contributed by atoms with Gasteiger partial charge in [0.1, 0.15) is 18.5 Å². The molecule has 1 aliphatic heterocycles. The van der Waals surface area contributed by atoms with Crippen LogP contribution in [0.15, 0.2) is 55.2 Å². The molecular formula is C18H19N5O2. The molecule has 7 heteroatoms. The number of imidazole rings is 1. The molecule has 128 valence electrons. The highest BCUT2D eigenvalue weighted by molar-refractivity contribution is 5.70. The van der Waals surface area contributed by atoms with Crippen LogP contribution in [0.1, 0.15) is 5.56 Å². The first-order valence-electron chi connectivity index (χ1n) is 8.28. The van der Waals surface area contributed by atoms with Crippen LogP contribution in [-0.4, -0.2) is 51.5 Å². The molecule has 1 amide bonds. The average molecular weight is 337 g/mol. The minimum absolute atomic E-state index is 0.264. The molecule has 4 rings (SSSR count). The molecule has 0 bridgehead atoms. The number of ether oxygens (including phenoxy) is 1. The van der Waals surface area contributed by atoms with E-state index in [1.54, 1.807) is 17.4 Å². The van der Waals surface area contributed by atoms with E-state index in [4.69, 9.17) is 4.74 Å². The lowest BCUT2D eigenvalue weighted by Crippen LogP contribution is -2.49. The summed E-state index contributed by atoms with van der Waals surface area (Å²) in [5.74, 6) is 0.908. The third-order valence-corrected chi connectivity index (χ3v) is 4.36. The zero-order chi connectivity index (χ0) is 17.1. The summed E-state index contributed by atoms with van der Waals surface area (Å²) in [7, 11) is 0. The maximum absolute atomic E-state index is 12.2. The van der Waals surface area contributed by atoms with Gasteiger partial charge in [-0.25, -0.2) is 9.78 Å². The third-order valence-electron chi connectivity index (χ3n) is 4.36. The van der Waals surface area contributed by atoms with Crippen molar-refractivity contribution in [1.29, 1.82) is 0 Å². The summed E-state index contributed by atoms with van der Waals surface area (Å²) in [6.45, 7) is 2.99. The smallest absolute Gasteiger partial charge is 0.410 e. The van der Waals surface area contributed by atoms with Gasteiger partial charge in [0, 0.05) is 38.6 Å². The Morgan fingerprint density at radius 2 is 1.92 bits per heavy atom. The fraction of sp³-hybridized carbons (Fsp3) is 0.278. The molecule has 3 heterocycles. The second kappa shape index (κ2) is 6.80. The van der Waals surface area contributed by atoms with Crippen LogP contribution in [0.2, 0.25) is 0 Å². The summed E-state index contributed by atoms with van der Waals surface area (Å²) in [6.07, 6.45) is 6.94. The molecule has 2 aromatic heterocycles. The topological polar surface area (TPSA) is 63.0 Å². The van der Waals surface area contributed by atoms with Gasteiger partial charge in [0.2, 0.25) is 0 Å². The van der Waals surface area contributed by atoms with E-state index in [1.165, 1.54) is 0 Å². The summed E-state index contributed by atoms with van der Waals surface area (Å²) in [4.78, 5) is 24.8. The number of hydrogen-bond donors (Lipinski definition) is 0. The van der Waals surface area contributed by atoms with E-state index in [0.717, 1.165) is 30.0 Å². The monoisotopic (exact) mass is 337 g/mol. The first-order valence-corrected chi connectivity index (χ1v) is 8.28. The van der Waals surface area contributed by atoms with Crippen LogP contribution >= 0.6 is 0 Å². The Morgan fingerprint density at radius 1 is 1.12 bits per heavy atom. The Kier molecular flexibility index (Phi) is 4.20. The Hall–Kier alpha value is -3.09. The van der Waals surface area contributed by atoms with E-state index in [2.05, 4.69) is 14.9 Å². The minimum atomic E-state index is -0.264. The molecule has 3 aromatic rings. The van der Waals surface area contributed by atoms with Crippen molar-refractivity contribution in [3.63, 3.8) is 0 Å². The molecule has 0 N–H and O–H groups in total. The zero-order valence-electron chi connectivity index (χ0n) is 13.8. The summed E-state index contributed by atoms with van der Waals surface area (Å²) < 4.78 is 7.35. The molecule has 1 saturated heterocycles. The van der Waals surface area contributed by atoms with Crippen molar-refractivity contribution in [3.05, 3.63) is 60.8 Å². The average Bonchev–Trinajstić information content (AvgIpc) is 3.11. The van der Waals surface area contributed by atoms with Gasteiger partial charge in [0.15, 0.2) is 5.82 Å². The normalized spacial score (nSPS) is 14.7. The molecule has 7 nitrogen and oxygen atoms in total. The number of piperazine rings is 1. The summed E-state index contributed by atoms with van der Waals surface area (Å²) in [6, 6.07) is 9.71. The number of fused-ring (bicyclic) bond motifs is 1. The maximum atomic E-state index is 12.2. The van der Waals surface area contributed by atoms with Crippen LogP contribution in [0.3, 0.4) is 0 Å². The fourth-order valence-electron chi connectivity index (χ4n) is 2.98. The van der Waals surface area contributed by atoms with Gasteiger partial charge in [-0.15, -0.1) is 0 Å². The molecular weight excluding hydrogens is 318 g/mol. The number of aromatic nitrogens is 3. The van der Waals surface area contributed by atoms with Crippen molar-refractivity contribution in [1.82, 2.24) is 19.3 Å². The second-order valence-electron chi connectivity index (χ2n) is 5.95. The van der Waals surface area contributed by atoms with Gasteiger partial charge in [0.05, 0.1) is 6.20 Å². The lowest BCUT2D eigenvalue weighted by atomic mass is 10.2. The van der Waals surface area contributed by atoms with Gasteiger partial charge in [-0.1, -0.05) is 30.3 Å². The van der Waals surface area contributed by atoms with E-state index in [-0.39, 0.29) is 6.09 Å². The van der Waals surface area contributed by atoms with Crippen LogP contribution in [0.25, 0.3) is 5.52 Å². The number of anilines is 1. The van der Waals surface area contributed by atoms with E-state index in [9.17, 15) is 4.79 Å². The van der Waals surface area contributed by atoms with Gasteiger partial charge >= 0.3 is 6.09 Å². The molecule has 0 atom stereocenters. The van der Waals surface area contributed by atoms with Gasteiger partial charge in [-0.3, -0.25) is 4.98 Å². The number of amides is 1. The number of nitrogens with zero attached hydrogens (tertiary/aromatic N) is 5. The van der Waals surface area contributed by atoms with Gasteiger partial charge in [-0.2, -0.15) is 0 Å². The number of carbonyl (C=O) groups is 1. The van der Waals surface area contributed by atoms with Crippen LogP contribution in [-0.2, 0) is 11.3 Å². The molecule has 0 radical (unpaired) electrons. The molecule has 0 saturated carbocycles. The Morgan fingerprint density at radius 3 is 2.72 bits per heavy atom. The SMILES string of the molecule is O=C(OCc1ccccc1)N1CCN(c2ncn3ccncc23)CC1. The number of hydrogen-bond acceptors (Lipinski definition) is 5. The molecule has 0 aliphatic carbocycles. The molecule has 0 spiro atoms. The lowest BCUT2D eigenvalue weighted by molar-refractivity contribution is 0.0941. The van der Waals surface area contributed by atoms with Crippen molar-refractivity contribution in [2.24, 2.45) is 0 Å². The van der Waals surface area contributed by atoms with Crippen molar-refractivity contribution < 1.29 is 9.53 Å². The first kappa shape index (κ1) is 15.4. The standard InChI is InChI=1S/C18H19N5O2/c24-18(25-13-15-4-2-1-3-5-15)22-10-8-21(9-11-22)17-16-12-19-6-7-23(16)14-20-17/h1-7,12,14H,8-11,13H2. The summed E-state index contributed by atoms with van der Waals surface area (Å²) >= 11 is 0. The van der Waals surface area contributed by atoms with Crippen molar-refractivity contribution >= 4 is 17.4 Å². The van der Waals surface area contributed by atoms with Crippen molar-refractivity contribution in [2.75, 3.05) is 31.1 Å². The predicted molar refractivity (Wildman–Crippen MR) is 93.4 cm³/mol. The number of carbonyl (C=O) groups excluding carboxylic acids is 1. The van der Waals surface area contributed by atoms with E-state index < -0.39 is 0 Å². The van der Waals surface area contributed by atoms with Crippen LogP contribution in [0, 0.1) is 0 Å². The lowest BCUT2D eigenvalue weighted by Gasteiger charge is -2.34. The molecule has 1 fully saturated rings. The Bertz CT molecular complexity index is 856.